The average Bonchev–Trinajstić information content (AvgIpc) is 2.26. The van der Waals surface area contributed by atoms with Crippen LogP contribution in [0.25, 0.3) is 0 Å². The fourth-order valence-electron chi connectivity index (χ4n) is 1.25. The number of carbonyl (C=O) groups is 1. The summed E-state index contributed by atoms with van der Waals surface area (Å²) in [5, 5.41) is 2.75. The van der Waals surface area contributed by atoms with E-state index in [2.05, 4.69) is 5.32 Å². The van der Waals surface area contributed by atoms with Crippen LogP contribution in [-0.2, 0) is 16.1 Å². The molecule has 0 saturated carbocycles. The summed E-state index contributed by atoms with van der Waals surface area (Å²) in [7, 11) is 0. The van der Waals surface area contributed by atoms with E-state index in [1.165, 1.54) is 0 Å². The lowest BCUT2D eigenvalue weighted by Crippen LogP contribution is -2.20. The van der Waals surface area contributed by atoms with Crippen molar-refractivity contribution in [1.82, 2.24) is 0 Å². The standard InChI is InChI=1S/C13H18ClNO2/c1-13(2,3)17-9-10-6-4-5-7-11(10)15-12(16)8-14/h4-7H,8-9H2,1-3H3,(H,15,16). The van der Waals surface area contributed by atoms with E-state index in [9.17, 15) is 4.79 Å². The van der Waals surface area contributed by atoms with E-state index in [0.29, 0.717) is 6.61 Å². The highest BCUT2D eigenvalue weighted by molar-refractivity contribution is 6.29. The largest absolute Gasteiger partial charge is 0.371 e. The van der Waals surface area contributed by atoms with Gasteiger partial charge in [0, 0.05) is 11.3 Å². The van der Waals surface area contributed by atoms with Crippen LogP contribution < -0.4 is 5.32 Å². The number of benzene rings is 1. The number of hydrogen-bond donors (Lipinski definition) is 1. The number of rotatable bonds is 4. The Morgan fingerprint density at radius 2 is 2.00 bits per heavy atom. The van der Waals surface area contributed by atoms with Gasteiger partial charge in [-0.05, 0) is 26.8 Å². The lowest BCUT2D eigenvalue weighted by atomic mass is 10.1. The molecule has 1 N–H and O–H groups in total. The van der Waals surface area contributed by atoms with Gasteiger partial charge in [0.15, 0.2) is 0 Å². The number of halogens is 1. The first-order valence-corrected chi connectivity index (χ1v) is 6.03. The van der Waals surface area contributed by atoms with Gasteiger partial charge in [-0.1, -0.05) is 18.2 Å². The Balaban J connectivity index is 2.74. The molecule has 0 aliphatic rings. The van der Waals surface area contributed by atoms with Crippen molar-refractivity contribution in [2.45, 2.75) is 33.0 Å². The fraction of sp³-hybridized carbons (Fsp3) is 0.462. The molecule has 94 valence electrons. The first-order chi connectivity index (χ1) is 7.92. The molecule has 1 rings (SSSR count). The molecule has 1 aromatic rings. The summed E-state index contributed by atoms with van der Waals surface area (Å²) in [5.41, 5.74) is 1.49. The number of anilines is 1. The highest BCUT2D eigenvalue weighted by Crippen LogP contribution is 2.19. The van der Waals surface area contributed by atoms with E-state index in [1.54, 1.807) is 0 Å². The van der Waals surface area contributed by atoms with Crippen molar-refractivity contribution >= 4 is 23.2 Å². The molecule has 0 atom stereocenters. The number of ether oxygens (including phenoxy) is 1. The molecule has 0 bridgehead atoms. The lowest BCUT2D eigenvalue weighted by Gasteiger charge is -2.20. The highest BCUT2D eigenvalue weighted by Gasteiger charge is 2.12. The normalized spacial score (nSPS) is 11.3. The molecule has 0 aromatic heterocycles. The van der Waals surface area contributed by atoms with E-state index in [4.69, 9.17) is 16.3 Å². The van der Waals surface area contributed by atoms with Crippen LogP contribution in [0.2, 0.25) is 0 Å². The fourth-order valence-corrected chi connectivity index (χ4v) is 1.31. The summed E-state index contributed by atoms with van der Waals surface area (Å²) >= 11 is 5.46. The van der Waals surface area contributed by atoms with Crippen LogP contribution >= 0.6 is 11.6 Å². The number of amides is 1. The zero-order chi connectivity index (χ0) is 12.9. The van der Waals surface area contributed by atoms with Crippen molar-refractivity contribution in [3.8, 4) is 0 Å². The molecular formula is C13H18ClNO2. The summed E-state index contributed by atoms with van der Waals surface area (Å²) in [4.78, 5) is 11.3. The Morgan fingerprint density at radius 1 is 1.35 bits per heavy atom. The summed E-state index contributed by atoms with van der Waals surface area (Å²) in [6.45, 7) is 6.44. The summed E-state index contributed by atoms with van der Waals surface area (Å²) in [6, 6.07) is 7.55. The molecule has 0 heterocycles. The van der Waals surface area contributed by atoms with Gasteiger partial charge in [-0.15, -0.1) is 11.6 Å². The van der Waals surface area contributed by atoms with Gasteiger partial charge in [0.1, 0.15) is 5.88 Å². The smallest absolute Gasteiger partial charge is 0.239 e. The van der Waals surface area contributed by atoms with Crippen LogP contribution in [-0.4, -0.2) is 17.4 Å². The third-order valence-electron chi connectivity index (χ3n) is 2.07. The second-order valence-electron chi connectivity index (χ2n) is 4.74. The van der Waals surface area contributed by atoms with Crippen LogP contribution in [0.1, 0.15) is 26.3 Å². The third kappa shape index (κ3) is 5.20. The van der Waals surface area contributed by atoms with Crippen LogP contribution in [0.3, 0.4) is 0 Å². The molecule has 0 saturated heterocycles. The minimum Gasteiger partial charge on any atom is -0.371 e. The Kier molecular flexibility index (Phi) is 4.97. The minimum atomic E-state index is -0.213. The lowest BCUT2D eigenvalue weighted by molar-refractivity contribution is -0.113. The van der Waals surface area contributed by atoms with Crippen molar-refractivity contribution in [1.29, 1.82) is 0 Å². The molecule has 0 spiro atoms. The average molecular weight is 256 g/mol. The van der Waals surface area contributed by atoms with Gasteiger partial charge in [0.2, 0.25) is 5.91 Å². The monoisotopic (exact) mass is 255 g/mol. The van der Waals surface area contributed by atoms with Gasteiger partial charge >= 0.3 is 0 Å². The molecule has 1 aromatic carbocycles. The molecular weight excluding hydrogens is 238 g/mol. The van der Waals surface area contributed by atoms with Crippen molar-refractivity contribution in [3.05, 3.63) is 29.8 Å². The van der Waals surface area contributed by atoms with E-state index < -0.39 is 0 Å². The predicted octanol–water partition coefficient (Wildman–Crippen LogP) is 3.18. The Hall–Kier alpha value is -1.06. The van der Waals surface area contributed by atoms with Crippen molar-refractivity contribution in [3.63, 3.8) is 0 Å². The van der Waals surface area contributed by atoms with Crippen molar-refractivity contribution < 1.29 is 9.53 Å². The zero-order valence-electron chi connectivity index (χ0n) is 10.4. The van der Waals surface area contributed by atoms with E-state index >= 15 is 0 Å². The zero-order valence-corrected chi connectivity index (χ0v) is 11.2. The Bertz CT molecular complexity index is 385. The molecule has 0 radical (unpaired) electrons. The van der Waals surface area contributed by atoms with Gasteiger partial charge in [-0.2, -0.15) is 0 Å². The third-order valence-corrected chi connectivity index (χ3v) is 2.32. The number of nitrogens with one attached hydrogen (secondary N) is 1. The minimum absolute atomic E-state index is 0.0472. The quantitative estimate of drug-likeness (QED) is 0.840. The predicted molar refractivity (Wildman–Crippen MR) is 70.3 cm³/mol. The van der Waals surface area contributed by atoms with E-state index in [1.807, 2.05) is 45.0 Å². The molecule has 0 aliphatic heterocycles. The molecule has 3 nitrogen and oxygen atoms in total. The number of hydrogen-bond acceptors (Lipinski definition) is 2. The highest BCUT2D eigenvalue weighted by atomic mass is 35.5. The summed E-state index contributed by atoms with van der Waals surface area (Å²) in [6.07, 6.45) is 0. The maximum absolute atomic E-state index is 11.3. The Morgan fingerprint density at radius 3 is 2.59 bits per heavy atom. The second-order valence-corrected chi connectivity index (χ2v) is 5.01. The molecule has 0 unspecified atom stereocenters. The van der Waals surface area contributed by atoms with Gasteiger partial charge in [-0.3, -0.25) is 4.79 Å². The number of carbonyl (C=O) groups excluding carboxylic acids is 1. The number of alkyl halides is 1. The van der Waals surface area contributed by atoms with Crippen molar-refractivity contribution in [2.75, 3.05) is 11.2 Å². The van der Waals surface area contributed by atoms with Gasteiger partial charge in [-0.25, -0.2) is 0 Å². The van der Waals surface area contributed by atoms with E-state index in [0.717, 1.165) is 11.3 Å². The molecule has 1 amide bonds. The second kappa shape index (κ2) is 6.03. The summed E-state index contributed by atoms with van der Waals surface area (Å²) < 4.78 is 5.69. The van der Waals surface area contributed by atoms with Gasteiger partial charge in [0.05, 0.1) is 12.2 Å². The first kappa shape index (κ1) is 14.0. The summed E-state index contributed by atoms with van der Waals surface area (Å²) in [5.74, 6) is -0.260. The van der Waals surface area contributed by atoms with Crippen LogP contribution in [0, 0.1) is 0 Å². The molecule has 0 fully saturated rings. The van der Waals surface area contributed by atoms with Gasteiger partial charge in [0.25, 0.3) is 0 Å². The van der Waals surface area contributed by atoms with Crippen molar-refractivity contribution in [2.24, 2.45) is 0 Å². The maximum atomic E-state index is 11.3. The van der Waals surface area contributed by atoms with Crippen LogP contribution in [0.4, 0.5) is 5.69 Å². The molecule has 4 heteroatoms. The molecule has 17 heavy (non-hydrogen) atoms. The van der Waals surface area contributed by atoms with E-state index in [-0.39, 0.29) is 17.4 Å². The maximum Gasteiger partial charge on any atom is 0.239 e. The van der Waals surface area contributed by atoms with Crippen LogP contribution in [0.15, 0.2) is 24.3 Å². The SMILES string of the molecule is CC(C)(C)OCc1ccccc1NC(=O)CCl. The molecule has 0 aliphatic carbocycles. The first-order valence-electron chi connectivity index (χ1n) is 5.50. The number of para-hydroxylation sites is 1. The topological polar surface area (TPSA) is 38.3 Å². The van der Waals surface area contributed by atoms with Crippen LogP contribution in [0.5, 0.6) is 0 Å². The Labute approximate surface area is 107 Å². The van der Waals surface area contributed by atoms with Gasteiger partial charge < -0.3 is 10.1 Å².